The summed E-state index contributed by atoms with van der Waals surface area (Å²) in [6.45, 7) is 1.25. The van der Waals surface area contributed by atoms with Crippen molar-refractivity contribution < 1.29 is 14.3 Å². The average molecular weight is 435 g/mol. The van der Waals surface area contributed by atoms with Gasteiger partial charge in [0.1, 0.15) is 17.7 Å². The smallest absolute Gasteiger partial charge is 0.255 e. The van der Waals surface area contributed by atoms with E-state index in [2.05, 4.69) is 9.97 Å². The molecule has 1 aliphatic heterocycles. The fourth-order valence-electron chi connectivity index (χ4n) is 3.57. The molecule has 1 saturated heterocycles. The van der Waals surface area contributed by atoms with Gasteiger partial charge in [0.25, 0.3) is 5.91 Å². The van der Waals surface area contributed by atoms with Gasteiger partial charge in [-0.15, -0.1) is 0 Å². The highest BCUT2D eigenvalue weighted by Gasteiger charge is 2.30. The van der Waals surface area contributed by atoms with Crippen molar-refractivity contribution in [2.24, 2.45) is 0 Å². The van der Waals surface area contributed by atoms with Crippen molar-refractivity contribution in [2.75, 3.05) is 51.5 Å². The molecular formula is C23H26N6O3. The van der Waals surface area contributed by atoms with E-state index in [-0.39, 0.29) is 5.91 Å². The van der Waals surface area contributed by atoms with E-state index in [0.717, 1.165) is 22.6 Å². The van der Waals surface area contributed by atoms with E-state index < -0.39 is 6.10 Å². The van der Waals surface area contributed by atoms with Crippen molar-refractivity contribution in [3.05, 3.63) is 60.0 Å². The standard InChI is InChI=1S/C23H26N6O3/c1-28(2)23-26-13-18(15-5-4-6-17(11-15)31-3)21(27-23)19-14-29(9-10-32-19)22(30)16-7-8-20(24)25-12-16/h4-8,11-13,19H,9-10,14H2,1-3H3,(H2,24,25)/t19-/m0/s1. The molecule has 166 valence electrons. The summed E-state index contributed by atoms with van der Waals surface area (Å²) in [5.41, 5.74) is 8.62. The minimum atomic E-state index is -0.405. The zero-order valence-electron chi connectivity index (χ0n) is 18.4. The monoisotopic (exact) mass is 434 g/mol. The number of anilines is 2. The number of nitrogen functional groups attached to an aromatic ring is 1. The molecule has 0 aliphatic carbocycles. The molecule has 1 aromatic carbocycles. The molecule has 0 unspecified atom stereocenters. The number of pyridine rings is 1. The molecule has 1 fully saturated rings. The Morgan fingerprint density at radius 1 is 1.22 bits per heavy atom. The van der Waals surface area contributed by atoms with E-state index in [1.165, 1.54) is 6.20 Å². The minimum absolute atomic E-state index is 0.115. The molecule has 2 aromatic heterocycles. The van der Waals surface area contributed by atoms with Gasteiger partial charge in [-0.05, 0) is 29.8 Å². The lowest BCUT2D eigenvalue weighted by molar-refractivity contribution is -0.0244. The van der Waals surface area contributed by atoms with Crippen molar-refractivity contribution in [1.82, 2.24) is 19.9 Å². The number of hydrogen-bond donors (Lipinski definition) is 1. The Kier molecular flexibility index (Phi) is 6.18. The van der Waals surface area contributed by atoms with E-state index in [9.17, 15) is 4.79 Å². The number of ether oxygens (including phenoxy) is 2. The number of hydrogen-bond acceptors (Lipinski definition) is 8. The lowest BCUT2D eigenvalue weighted by Gasteiger charge is -2.33. The molecule has 3 heterocycles. The van der Waals surface area contributed by atoms with E-state index in [4.69, 9.17) is 20.2 Å². The summed E-state index contributed by atoms with van der Waals surface area (Å²) < 4.78 is 11.5. The quantitative estimate of drug-likeness (QED) is 0.652. The van der Waals surface area contributed by atoms with Crippen molar-refractivity contribution in [3.63, 3.8) is 0 Å². The van der Waals surface area contributed by atoms with Crippen LogP contribution in [0.1, 0.15) is 22.2 Å². The summed E-state index contributed by atoms with van der Waals surface area (Å²) in [5.74, 6) is 1.57. The van der Waals surface area contributed by atoms with Gasteiger partial charge in [-0.1, -0.05) is 12.1 Å². The second-order valence-corrected chi connectivity index (χ2v) is 7.68. The summed E-state index contributed by atoms with van der Waals surface area (Å²) in [6, 6.07) is 11.0. The maximum Gasteiger partial charge on any atom is 0.255 e. The molecule has 32 heavy (non-hydrogen) atoms. The molecule has 0 bridgehead atoms. The first-order chi connectivity index (χ1) is 15.5. The molecular weight excluding hydrogens is 408 g/mol. The molecule has 0 spiro atoms. The Morgan fingerprint density at radius 3 is 2.78 bits per heavy atom. The van der Waals surface area contributed by atoms with E-state index >= 15 is 0 Å². The van der Waals surface area contributed by atoms with Crippen LogP contribution in [-0.4, -0.2) is 66.7 Å². The number of aromatic nitrogens is 3. The summed E-state index contributed by atoms with van der Waals surface area (Å²) in [5, 5.41) is 0. The van der Waals surface area contributed by atoms with Crippen LogP contribution in [0.4, 0.5) is 11.8 Å². The second-order valence-electron chi connectivity index (χ2n) is 7.68. The number of morpholine rings is 1. The molecule has 1 atom stereocenters. The Bertz CT molecular complexity index is 1100. The van der Waals surface area contributed by atoms with Gasteiger partial charge in [-0.25, -0.2) is 15.0 Å². The molecule has 0 radical (unpaired) electrons. The summed E-state index contributed by atoms with van der Waals surface area (Å²) in [7, 11) is 5.40. The van der Waals surface area contributed by atoms with Crippen LogP contribution < -0.4 is 15.4 Å². The predicted octanol–water partition coefficient (Wildman–Crippen LogP) is 2.41. The van der Waals surface area contributed by atoms with Crippen molar-refractivity contribution in [3.8, 4) is 16.9 Å². The lowest BCUT2D eigenvalue weighted by atomic mass is 10.0. The number of carbonyl (C=O) groups excluding carboxylic acids is 1. The number of nitrogens with zero attached hydrogens (tertiary/aromatic N) is 5. The fourth-order valence-corrected chi connectivity index (χ4v) is 3.57. The SMILES string of the molecule is COc1cccc(-c2cnc(N(C)C)nc2[C@@H]2CN(C(=O)c3ccc(N)nc3)CCO2)c1. The maximum atomic E-state index is 13.0. The van der Waals surface area contributed by atoms with Crippen LogP contribution in [0, 0.1) is 0 Å². The third-order valence-corrected chi connectivity index (χ3v) is 5.28. The predicted molar refractivity (Wildman–Crippen MR) is 122 cm³/mol. The number of methoxy groups -OCH3 is 1. The van der Waals surface area contributed by atoms with Crippen molar-refractivity contribution in [1.29, 1.82) is 0 Å². The van der Waals surface area contributed by atoms with E-state index in [1.807, 2.05) is 43.3 Å². The molecule has 9 nitrogen and oxygen atoms in total. The van der Waals surface area contributed by atoms with Gasteiger partial charge in [0.15, 0.2) is 0 Å². The largest absolute Gasteiger partial charge is 0.497 e. The molecule has 0 saturated carbocycles. The number of amides is 1. The zero-order chi connectivity index (χ0) is 22.7. The number of benzene rings is 1. The Balaban J connectivity index is 1.68. The average Bonchev–Trinajstić information content (AvgIpc) is 2.83. The molecule has 2 N–H and O–H groups in total. The van der Waals surface area contributed by atoms with Crippen LogP contribution in [0.3, 0.4) is 0 Å². The van der Waals surface area contributed by atoms with Gasteiger partial charge in [0.2, 0.25) is 5.95 Å². The van der Waals surface area contributed by atoms with Gasteiger partial charge in [0.05, 0.1) is 31.5 Å². The Labute approximate surface area is 186 Å². The van der Waals surface area contributed by atoms with Crippen molar-refractivity contribution in [2.45, 2.75) is 6.10 Å². The Hall–Kier alpha value is -3.72. The molecule has 9 heteroatoms. The van der Waals surface area contributed by atoms with Gasteiger partial charge < -0.3 is 25.0 Å². The topological polar surface area (TPSA) is 107 Å². The van der Waals surface area contributed by atoms with Crippen LogP contribution in [0.15, 0.2) is 48.8 Å². The fraction of sp³-hybridized carbons (Fsp3) is 0.304. The second kappa shape index (κ2) is 9.19. The number of nitrogens with two attached hydrogens (primary N) is 1. The Morgan fingerprint density at radius 2 is 2.06 bits per heavy atom. The van der Waals surface area contributed by atoms with Gasteiger partial charge in [0, 0.05) is 38.6 Å². The molecule has 3 aromatic rings. The van der Waals surface area contributed by atoms with Crippen LogP contribution in [0.25, 0.3) is 11.1 Å². The van der Waals surface area contributed by atoms with Gasteiger partial charge in [-0.2, -0.15) is 0 Å². The van der Waals surface area contributed by atoms with Gasteiger partial charge >= 0.3 is 0 Å². The summed E-state index contributed by atoms with van der Waals surface area (Å²) in [4.78, 5) is 29.9. The minimum Gasteiger partial charge on any atom is -0.497 e. The third kappa shape index (κ3) is 4.47. The first-order valence-electron chi connectivity index (χ1n) is 10.3. The van der Waals surface area contributed by atoms with E-state index in [0.29, 0.717) is 37.0 Å². The van der Waals surface area contributed by atoms with Crippen LogP contribution >= 0.6 is 0 Å². The van der Waals surface area contributed by atoms with Crippen LogP contribution in [0.2, 0.25) is 0 Å². The third-order valence-electron chi connectivity index (χ3n) is 5.28. The van der Waals surface area contributed by atoms with E-state index in [1.54, 1.807) is 30.3 Å². The number of rotatable bonds is 5. The summed E-state index contributed by atoms with van der Waals surface area (Å²) in [6.07, 6.45) is 2.89. The first-order valence-corrected chi connectivity index (χ1v) is 10.3. The highest BCUT2D eigenvalue weighted by molar-refractivity contribution is 5.94. The lowest BCUT2D eigenvalue weighted by Crippen LogP contribution is -2.42. The highest BCUT2D eigenvalue weighted by atomic mass is 16.5. The summed E-state index contributed by atoms with van der Waals surface area (Å²) >= 11 is 0. The van der Waals surface area contributed by atoms with Crippen LogP contribution in [0.5, 0.6) is 5.75 Å². The van der Waals surface area contributed by atoms with Gasteiger partial charge in [-0.3, -0.25) is 4.79 Å². The molecule has 1 amide bonds. The molecule has 1 aliphatic rings. The highest BCUT2D eigenvalue weighted by Crippen LogP contribution is 2.33. The molecule has 4 rings (SSSR count). The number of carbonyl (C=O) groups is 1. The first kappa shape index (κ1) is 21.5. The zero-order valence-corrected chi connectivity index (χ0v) is 18.4. The maximum absolute atomic E-state index is 13.0. The van der Waals surface area contributed by atoms with Crippen LogP contribution in [-0.2, 0) is 4.74 Å². The normalized spacial score (nSPS) is 16.0. The van der Waals surface area contributed by atoms with Crippen molar-refractivity contribution >= 4 is 17.7 Å².